The maximum Gasteiger partial charge on any atom is 0.122 e. The molecule has 4 N–H and O–H groups in total. The Morgan fingerprint density at radius 3 is 0.864 bits per heavy atom. The van der Waals surface area contributed by atoms with Crippen molar-refractivity contribution in [1.82, 2.24) is 0 Å². The van der Waals surface area contributed by atoms with Crippen LogP contribution < -0.4 is 0 Å². The average molecular weight is 597 g/mol. The van der Waals surface area contributed by atoms with Crippen molar-refractivity contribution in [2.24, 2.45) is 0 Å². The van der Waals surface area contributed by atoms with Crippen LogP contribution in [0.2, 0.25) is 0 Å². The Morgan fingerprint density at radius 2 is 0.591 bits per heavy atom. The van der Waals surface area contributed by atoms with Crippen molar-refractivity contribution >= 4 is 0 Å². The Bertz CT molecular complexity index is 1460. The SMILES string of the molecule is CCc1cc(C)c(O)c(Cc2cc(CC)cc(CC)c2O)c1.CCc1cc(C)c(O)c(Cc2cc(CC)cc(CC)c2O)c1. The summed E-state index contributed by atoms with van der Waals surface area (Å²) in [6.07, 6.45) is 6.52. The maximum absolute atomic E-state index is 10.5. The molecule has 44 heavy (non-hydrogen) atoms. The highest BCUT2D eigenvalue weighted by molar-refractivity contribution is 5.52. The Balaban J connectivity index is 0.000000240. The van der Waals surface area contributed by atoms with Crippen LogP contribution in [0.5, 0.6) is 23.0 Å². The number of phenolic OH excluding ortho intramolecular Hbond substituents is 4. The van der Waals surface area contributed by atoms with Gasteiger partial charge in [-0.1, -0.05) is 90.1 Å². The number of phenols is 4. The maximum atomic E-state index is 10.5. The second-order valence-electron chi connectivity index (χ2n) is 11.8. The van der Waals surface area contributed by atoms with Gasteiger partial charge in [-0.15, -0.1) is 0 Å². The molecule has 4 heteroatoms. The van der Waals surface area contributed by atoms with Gasteiger partial charge in [-0.3, -0.25) is 0 Å². The van der Waals surface area contributed by atoms with Gasteiger partial charge in [0.1, 0.15) is 23.0 Å². The fourth-order valence-corrected chi connectivity index (χ4v) is 5.84. The van der Waals surface area contributed by atoms with E-state index in [1.165, 1.54) is 22.3 Å². The summed E-state index contributed by atoms with van der Waals surface area (Å²) in [6, 6.07) is 16.4. The molecule has 0 saturated carbocycles. The van der Waals surface area contributed by atoms with Crippen molar-refractivity contribution in [2.75, 3.05) is 0 Å². The van der Waals surface area contributed by atoms with Gasteiger partial charge in [-0.05, 0) is 119 Å². The van der Waals surface area contributed by atoms with Crippen LogP contribution in [0.1, 0.15) is 108 Å². The Kier molecular flexibility index (Phi) is 12.3. The number of rotatable bonds is 10. The van der Waals surface area contributed by atoms with E-state index in [4.69, 9.17) is 0 Å². The summed E-state index contributed by atoms with van der Waals surface area (Å²) >= 11 is 0. The minimum atomic E-state index is 0.344. The molecule has 0 saturated heterocycles. The highest BCUT2D eigenvalue weighted by Crippen LogP contribution is 2.34. The van der Waals surface area contributed by atoms with Crippen LogP contribution in [0.25, 0.3) is 0 Å². The number of aromatic hydroxyl groups is 4. The van der Waals surface area contributed by atoms with E-state index in [0.29, 0.717) is 35.8 Å². The Morgan fingerprint density at radius 1 is 0.341 bits per heavy atom. The molecule has 0 aliphatic rings. The molecule has 0 bridgehead atoms. The fourth-order valence-electron chi connectivity index (χ4n) is 5.84. The normalized spacial score (nSPS) is 10.9. The van der Waals surface area contributed by atoms with Crippen molar-refractivity contribution in [3.05, 3.63) is 115 Å². The van der Waals surface area contributed by atoms with Gasteiger partial charge in [-0.25, -0.2) is 0 Å². The van der Waals surface area contributed by atoms with E-state index in [1.54, 1.807) is 0 Å². The molecule has 4 aromatic carbocycles. The molecule has 0 unspecified atom stereocenters. The van der Waals surface area contributed by atoms with Crippen LogP contribution in [-0.2, 0) is 51.4 Å². The Hall–Kier alpha value is -3.92. The van der Waals surface area contributed by atoms with Crippen molar-refractivity contribution in [3.8, 4) is 23.0 Å². The minimum Gasteiger partial charge on any atom is -0.507 e. The largest absolute Gasteiger partial charge is 0.507 e. The lowest BCUT2D eigenvalue weighted by atomic mass is 9.94. The molecule has 0 aliphatic carbocycles. The van der Waals surface area contributed by atoms with Crippen molar-refractivity contribution in [1.29, 1.82) is 0 Å². The molecule has 0 radical (unpaired) electrons. The van der Waals surface area contributed by atoms with Crippen molar-refractivity contribution in [2.45, 2.75) is 107 Å². The zero-order valence-corrected chi connectivity index (χ0v) is 28.1. The van der Waals surface area contributed by atoms with Gasteiger partial charge >= 0.3 is 0 Å². The summed E-state index contributed by atoms with van der Waals surface area (Å²) in [5, 5.41) is 41.6. The molecule has 0 fully saturated rings. The lowest BCUT2D eigenvalue weighted by Crippen LogP contribution is -1.98. The first-order chi connectivity index (χ1) is 21.0. The second kappa shape index (κ2) is 15.7. The summed E-state index contributed by atoms with van der Waals surface area (Å²) in [6.45, 7) is 16.4. The van der Waals surface area contributed by atoms with E-state index in [1.807, 2.05) is 38.1 Å². The van der Waals surface area contributed by atoms with E-state index in [0.717, 1.165) is 83.0 Å². The minimum absolute atomic E-state index is 0.344. The fraction of sp³-hybridized carbons (Fsp3) is 0.400. The monoisotopic (exact) mass is 596 g/mol. The molecule has 0 spiro atoms. The lowest BCUT2D eigenvalue weighted by Gasteiger charge is -2.14. The summed E-state index contributed by atoms with van der Waals surface area (Å²) in [7, 11) is 0. The highest BCUT2D eigenvalue weighted by Gasteiger charge is 2.15. The van der Waals surface area contributed by atoms with Crippen LogP contribution >= 0.6 is 0 Å². The van der Waals surface area contributed by atoms with Crippen LogP contribution in [0.4, 0.5) is 0 Å². The van der Waals surface area contributed by atoms with Crippen molar-refractivity contribution in [3.63, 3.8) is 0 Å². The molecule has 4 aromatic rings. The predicted octanol–water partition coefficient (Wildman–Crippen LogP) is 9.37. The molecule has 4 nitrogen and oxygen atoms in total. The summed E-state index contributed by atoms with van der Waals surface area (Å²) in [4.78, 5) is 0. The van der Waals surface area contributed by atoms with E-state index < -0.39 is 0 Å². The number of hydrogen-bond acceptors (Lipinski definition) is 4. The molecular formula is C40H52O4. The third kappa shape index (κ3) is 8.16. The zero-order chi connectivity index (χ0) is 32.6. The first-order valence-corrected chi connectivity index (χ1v) is 16.3. The number of aryl methyl sites for hydroxylation is 8. The van der Waals surface area contributed by atoms with Gasteiger partial charge in [0.15, 0.2) is 0 Å². The van der Waals surface area contributed by atoms with Crippen LogP contribution in [-0.4, -0.2) is 20.4 Å². The van der Waals surface area contributed by atoms with Crippen LogP contribution in [0.15, 0.2) is 48.5 Å². The second-order valence-corrected chi connectivity index (χ2v) is 11.8. The van der Waals surface area contributed by atoms with Gasteiger partial charge in [-0.2, -0.15) is 0 Å². The van der Waals surface area contributed by atoms with E-state index in [9.17, 15) is 20.4 Å². The Labute approximate surface area is 265 Å². The summed E-state index contributed by atoms with van der Waals surface area (Å²) in [5.41, 5.74) is 12.2. The standard InChI is InChI=1S/2C20H26O2/c2*1-5-14-8-13(4)19(21)17(10-14)12-18-11-15(6-2)9-16(7-3)20(18)22/h2*8-11,21-22H,5-7,12H2,1-4H3. The first-order valence-electron chi connectivity index (χ1n) is 16.3. The van der Waals surface area contributed by atoms with E-state index in [2.05, 4.69) is 65.8 Å². The molecule has 0 atom stereocenters. The topological polar surface area (TPSA) is 80.9 Å². The van der Waals surface area contributed by atoms with Gasteiger partial charge in [0.25, 0.3) is 0 Å². The lowest BCUT2D eigenvalue weighted by molar-refractivity contribution is 0.456. The smallest absolute Gasteiger partial charge is 0.122 e. The molecule has 0 amide bonds. The number of hydrogen-bond donors (Lipinski definition) is 4. The molecule has 0 heterocycles. The van der Waals surface area contributed by atoms with Gasteiger partial charge in [0.2, 0.25) is 0 Å². The van der Waals surface area contributed by atoms with Crippen LogP contribution in [0.3, 0.4) is 0 Å². The predicted molar refractivity (Wildman–Crippen MR) is 184 cm³/mol. The first kappa shape index (κ1) is 34.6. The molecule has 0 aromatic heterocycles. The van der Waals surface area contributed by atoms with Crippen molar-refractivity contribution < 1.29 is 20.4 Å². The van der Waals surface area contributed by atoms with Gasteiger partial charge < -0.3 is 20.4 Å². The van der Waals surface area contributed by atoms with Crippen LogP contribution in [0, 0.1) is 13.8 Å². The van der Waals surface area contributed by atoms with E-state index in [-0.39, 0.29) is 0 Å². The summed E-state index contributed by atoms with van der Waals surface area (Å²) < 4.78 is 0. The van der Waals surface area contributed by atoms with Gasteiger partial charge in [0, 0.05) is 12.8 Å². The highest BCUT2D eigenvalue weighted by atomic mass is 16.3. The average Bonchev–Trinajstić information content (AvgIpc) is 3.03. The van der Waals surface area contributed by atoms with Gasteiger partial charge in [0.05, 0.1) is 0 Å². The zero-order valence-electron chi connectivity index (χ0n) is 28.1. The molecule has 236 valence electrons. The third-order valence-corrected chi connectivity index (χ3v) is 8.69. The van der Waals surface area contributed by atoms with E-state index >= 15 is 0 Å². The molecule has 4 rings (SSSR count). The molecular weight excluding hydrogens is 544 g/mol. The third-order valence-electron chi connectivity index (χ3n) is 8.69. The summed E-state index contributed by atoms with van der Waals surface area (Å²) in [5.74, 6) is 1.44. The molecule has 0 aliphatic heterocycles. The number of benzene rings is 4. The quantitative estimate of drug-likeness (QED) is 0.147.